The summed E-state index contributed by atoms with van der Waals surface area (Å²) >= 11 is 0. The summed E-state index contributed by atoms with van der Waals surface area (Å²) in [6.45, 7) is 5.49. The summed E-state index contributed by atoms with van der Waals surface area (Å²) in [5, 5.41) is 5.73. The lowest BCUT2D eigenvalue weighted by atomic mass is 9.93. The number of aromatic nitrogens is 1. The molecule has 5 rings (SSSR count). The van der Waals surface area contributed by atoms with Gasteiger partial charge in [0.25, 0.3) is 5.91 Å². The third-order valence-corrected chi connectivity index (χ3v) is 6.86. The number of carbonyl (C=O) groups excluding carboxylic acids is 3. The molecule has 200 valence electrons. The van der Waals surface area contributed by atoms with Gasteiger partial charge in [-0.25, -0.2) is 9.79 Å². The molecule has 1 fully saturated rings. The molecule has 3 N–H and O–H groups in total. The van der Waals surface area contributed by atoms with Crippen LogP contribution in [0, 0.1) is 0 Å². The maximum absolute atomic E-state index is 13.7. The van der Waals surface area contributed by atoms with Crippen molar-refractivity contribution < 1.29 is 19.1 Å². The molecule has 0 radical (unpaired) electrons. The Morgan fingerprint density at radius 3 is 2.38 bits per heavy atom. The monoisotopic (exact) mass is 524 g/mol. The second-order valence-corrected chi connectivity index (χ2v) is 10.9. The maximum Gasteiger partial charge on any atom is 0.407 e. The number of nitrogens with two attached hydrogens (primary N) is 1. The summed E-state index contributed by atoms with van der Waals surface area (Å²) in [5.41, 5.74) is 8.11. The van der Waals surface area contributed by atoms with Gasteiger partial charge in [0.1, 0.15) is 11.3 Å². The molecule has 8 heteroatoms. The largest absolute Gasteiger partial charge is 0.444 e. The number of alkyl carbamates (subject to hydrolysis) is 1. The minimum absolute atomic E-state index is 0.0248. The van der Waals surface area contributed by atoms with Gasteiger partial charge in [0, 0.05) is 28.1 Å². The Morgan fingerprint density at radius 1 is 0.949 bits per heavy atom. The molecule has 8 nitrogen and oxygen atoms in total. The van der Waals surface area contributed by atoms with Gasteiger partial charge in [-0.3, -0.25) is 9.59 Å². The fourth-order valence-electron chi connectivity index (χ4n) is 5.06. The predicted molar refractivity (Wildman–Crippen MR) is 153 cm³/mol. The Hall–Kier alpha value is -4.46. The van der Waals surface area contributed by atoms with E-state index in [0.29, 0.717) is 42.5 Å². The molecule has 0 atom stereocenters. The van der Waals surface area contributed by atoms with E-state index in [2.05, 4.69) is 10.3 Å². The zero-order valence-corrected chi connectivity index (χ0v) is 22.4. The van der Waals surface area contributed by atoms with Crippen molar-refractivity contribution in [2.75, 3.05) is 0 Å². The van der Waals surface area contributed by atoms with Crippen molar-refractivity contribution >= 4 is 45.3 Å². The Labute approximate surface area is 226 Å². The molecule has 0 spiro atoms. The van der Waals surface area contributed by atoms with Gasteiger partial charge >= 0.3 is 6.09 Å². The molecule has 0 saturated heterocycles. The second kappa shape index (κ2) is 10.4. The van der Waals surface area contributed by atoms with Crippen LogP contribution >= 0.6 is 0 Å². The Balaban J connectivity index is 1.47. The van der Waals surface area contributed by atoms with Crippen molar-refractivity contribution in [3.63, 3.8) is 0 Å². The molecule has 4 aromatic rings. The number of hydrogen-bond acceptors (Lipinski definition) is 4. The van der Waals surface area contributed by atoms with Gasteiger partial charge in [-0.05, 0) is 76.1 Å². The first-order valence-electron chi connectivity index (χ1n) is 13.1. The minimum Gasteiger partial charge on any atom is -0.444 e. The average molecular weight is 525 g/mol. The zero-order chi connectivity index (χ0) is 27.7. The van der Waals surface area contributed by atoms with Crippen molar-refractivity contribution in [2.45, 2.75) is 58.1 Å². The number of benzene rings is 3. The first-order chi connectivity index (χ1) is 18.6. The lowest BCUT2D eigenvalue weighted by molar-refractivity contribution is 0.0498. The van der Waals surface area contributed by atoms with Crippen LogP contribution in [0.3, 0.4) is 0 Å². The van der Waals surface area contributed by atoms with Gasteiger partial charge in [0.05, 0.1) is 11.2 Å². The van der Waals surface area contributed by atoms with Crippen molar-refractivity contribution in [2.24, 2.45) is 10.7 Å². The number of fused-ring (bicyclic) bond motifs is 2. The van der Waals surface area contributed by atoms with Crippen LogP contribution in [0.4, 0.5) is 4.79 Å². The van der Waals surface area contributed by atoms with Crippen LogP contribution in [0.2, 0.25) is 0 Å². The molecule has 0 bridgehead atoms. The molecule has 1 saturated carbocycles. The first kappa shape index (κ1) is 26.2. The van der Waals surface area contributed by atoms with Gasteiger partial charge < -0.3 is 20.4 Å². The number of nitrogens with one attached hydrogen (secondary N) is 1. The smallest absolute Gasteiger partial charge is 0.407 e. The number of carbonyl (C=O) groups is 3. The van der Waals surface area contributed by atoms with E-state index >= 15 is 0 Å². The molecular weight excluding hydrogens is 492 g/mol. The van der Waals surface area contributed by atoms with Crippen LogP contribution in [0.5, 0.6) is 0 Å². The maximum atomic E-state index is 13.7. The van der Waals surface area contributed by atoms with Crippen LogP contribution < -0.4 is 11.1 Å². The highest BCUT2D eigenvalue weighted by Gasteiger charge is 2.25. The number of nitrogens with zero attached hydrogens (tertiary/aromatic N) is 2. The van der Waals surface area contributed by atoms with Crippen LogP contribution in [0.15, 0.2) is 71.7 Å². The minimum atomic E-state index is -0.557. The van der Waals surface area contributed by atoms with Crippen LogP contribution in [0.25, 0.3) is 27.4 Å². The van der Waals surface area contributed by atoms with Gasteiger partial charge in [-0.1, -0.05) is 42.5 Å². The second-order valence-electron chi connectivity index (χ2n) is 10.9. The van der Waals surface area contributed by atoms with E-state index in [9.17, 15) is 14.4 Å². The van der Waals surface area contributed by atoms with E-state index in [0.717, 1.165) is 27.6 Å². The molecule has 1 heterocycles. The quantitative estimate of drug-likeness (QED) is 0.344. The number of amides is 3. The van der Waals surface area contributed by atoms with E-state index in [1.165, 1.54) is 0 Å². The predicted octanol–water partition coefficient (Wildman–Crippen LogP) is 5.93. The molecular formula is C31H32N4O4. The molecule has 3 aromatic carbocycles. The molecule has 1 aliphatic rings. The summed E-state index contributed by atoms with van der Waals surface area (Å²) in [6.07, 6.45) is 2.14. The van der Waals surface area contributed by atoms with Gasteiger partial charge in [-0.2, -0.15) is 0 Å². The summed E-state index contributed by atoms with van der Waals surface area (Å²) in [7, 11) is 0. The highest BCUT2D eigenvalue weighted by molar-refractivity contribution is 6.08. The standard InChI is InChI=1S/C31H32N4O4/c1-31(2,3)39-30(38)34-23-15-13-22(14-16-23)33-29(37)27-17-20-11-12-21(28(32)36)18-26(20)35(27)25-10-6-8-19-7-4-5-9-24(19)25/h4-12,17-18,23H,13-16H2,1-3H3,(H2,32,36)(H,34,38). The van der Waals surface area contributed by atoms with Crippen molar-refractivity contribution in [1.29, 1.82) is 0 Å². The van der Waals surface area contributed by atoms with Crippen molar-refractivity contribution in [3.05, 3.63) is 78.0 Å². The highest BCUT2D eigenvalue weighted by atomic mass is 16.6. The third-order valence-electron chi connectivity index (χ3n) is 6.86. The lowest BCUT2D eigenvalue weighted by Gasteiger charge is -2.26. The molecule has 1 aliphatic carbocycles. The summed E-state index contributed by atoms with van der Waals surface area (Å²) in [4.78, 5) is 42.3. The van der Waals surface area contributed by atoms with Crippen molar-refractivity contribution in [1.82, 2.24) is 9.88 Å². The number of primary amides is 1. The molecule has 0 unspecified atom stereocenters. The lowest BCUT2D eigenvalue weighted by Crippen LogP contribution is -2.41. The Morgan fingerprint density at radius 2 is 1.67 bits per heavy atom. The number of ether oxygens (including phenoxy) is 1. The van der Waals surface area contributed by atoms with Gasteiger partial charge in [-0.15, -0.1) is 0 Å². The summed E-state index contributed by atoms with van der Waals surface area (Å²) in [5.74, 6) is -0.888. The fourth-order valence-corrected chi connectivity index (χ4v) is 5.06. The number of rotatable bonds is 4. The fraction of sp³-hybridized carbons (Fsp3) is 0.290. The average Bonchev–Trinajstić information content (AvgIpc) is 3.27. The summed E-state index contributed by atoms with van der Waals surface area (Å²) in [6, 6.07) is 20.8. The van der Waals surface area contributed by atoms with Crippen LogP contribution in [0.1, 0.15) is 67.3 Å². The highest BCUT2D eigenvalue weighted by Crippen LogP contribution is 2.31. The van der Waals surface area contributed by atoms with E-state index < -0.39 is 17.6 Å². The van der Waals surface area contributed by atoms with Gasteiger partial charge in [0.15, 0.2) is 0 Å². The van der Waals surface area contributed by atoms with Gasteiger partial charge in [0.2, 0.25) is 5.91 Å². The van der Waals surface area contributed by atoms with E-state index in [1.54, 1.807) is 18.2 Å². The number of hydrogen-bond donors (Lipinski definition) is 2. The normalized spacial score (nSPS) is 15.8. The number of aliphatic imine (C=N–C) groups is 1. The van der Waals surface area contributed by atoms with E-state index in [4.69, 9.17) is 10.5 Å². The third kappa shape index (κ3) is 5.70. The van der Waals surface area contributed by atoms with E-state index in [1.807, 2.05) is 73.9 Å². The topological polar surface area (TPSA) is 116 Å². The molecule has 1 aromatic heterocycles. The SMILES string of the molecule is CC(C)(C)OC(=O)NC1CCC(=NC(=O)c2cc3ccc(C(N)=O)cc3n2-c2cccc3ccccc23)CC1. The van der Waals surface area contributed by atoms with Crippen molar-refractivity contribution in [3.8, 4) is 5.69 Å². The molecule has 39 heavy (non-hydrogen) atoms. The molecule has 0 aliphatic heterocycles. The summed E-state index contributed by atoms with van der Waals surface area (Å²) < 4.78 is 7.23. The van der Waals surface area contributed by atoms with Crippen LogP contribution in [-0.2, 0) is 4.74 Å². The van der Waals surface area contributed by atoms with E-state index in [-0.39, 0.29) is 11.9 Å². The Bertz CT molecular complexity index is 1610. The Kier molecular flexibility index (Phi) is 6.95. The first-order valence-corrected chi connectivity index (χ1v) is 13.1. The zero-order valence-electron chi connectivity index (χ0n) is 22.4. The van der Waals surface area contributed by atoms with Crippen LogP contribution in [-0.4, -0.2) is 39.8 Å². The molecule has 3 amide bonds.